The van der Waals surface area contributed by atoms with Crippen molar-refractivity contribution in [3.05, 3.63) is 102 Å². The third-order valence-electron chi connectivity index (χ3n) is 5.23. The third-order valence-corrected chi connectivity index (χ3v) is 5.23. The second kappa shape index (κ2) is 8.23. The summed E-state index contributed by atoms with van der Waals surface area (Å²) in [6.07, 6.45) is 4.21. The van der Waals surface area contributed by atoms with Crippen LogP contribution >= 0.6 is 0 Å². The predicted molar refractivity (Wildman–Crippen MR) is 115 cm³/mol. The average Bonchev–Trinajstić information content (AvgIpc) is 2.80. The Morgan fingerprint density at radius 2 is 1.62 bits per heavy atom. The second-order valence-corrected chi connectivity index (χ2v) is 6.88. The Labute approximate surface area is 171 Å². The Morgan fingerprint density at radius 1 is 0.931 bits per heavy atom. The lowest BCUT2D eigenvalue weighted by molar-refractivity contribution is -0.142. The van der Waals surface area contributed by atoms with Gasteiger partial charge in [0.2, 0.25) is 0 Å². The molecule has 0 N–H and O–H groups in total. The zero-order valence-corrected chi connectivity index (χ0v) is 16.5. The van der Waals surface area contributed by atoms with Gasteiger partial charge < -0.3 is 14.4 Å². The minimum atomic E-state index is -0.580. The number of benzene rings is 3. The third kappa shape index (κ3) is 3.61. The van der Waals surface area contributed by atoms with Crippen LogP contribution in [0, 0.1) is 0 Å². The lowest BCUT2D eigenvalue weighted by Crippen LogP contribution is -2.39. The Morgan fingerprint density at radius 3 is 2.28 bits per heavy atom. The highest BCUT2D eigenvalue weighted by atomic mass is 16.5. The molecule has 0 spiro atoms. The molecule has 2 atom stereocenters. The number of hydrogen-bond donors (Lipinski definition) is 0. The second-order valence-electron chi connectivity index (χ2n) is 6.88. The van der Waals surface area contributed by atoms with Crippen LogP contribution < -0.4 is 9.64 Å². The fourth-order valence-corrected chi connectivity index (χ4v) is 3.84. The van der Waals surface area contributed by atoms with Gasteiger partial charge in [0, 0.05) is 11.3 Å². The molecule has 1 aliphatic heterocycles. The van der Waals surface area contributed by atoms with Gasteiger partial charge in [-0.2, -0.15) is 0 Å². The van der Waals surface area contributed by atoms with Gasteiger partial charge >= 0.3 is 5.97 Å². The van der Waals surface area contributed by atoms with Gasteiger partial charge in [-0.05, 0) is 29.3 Å². The van der Waals surface area contributed by atoms with E-state index >= 15 is 0 Å². The fourth-order valence-electron chi connectivity index (χ4n) is 3.84. The number of methoxy groups -OCH3 is 2. The van der Waals surface area contributed by atoms with E-state index in [1.165, 1.54) is 7.11 Å². The standard InChI is InChI=1S/C25H23NO3/c1-28-21-14-16-23-20(17-21)13-15-22(18-9-5-3-6-10-18)26(23)24(25(27)29-2)19-11-7-4-8-12-19/h3-17,22,24H,1-2H3/t22-,24+/m1/s1. The van der Waals surface area contributed by atoms with Crippen molar-refractivity contribution in [1.29, 1.82) is 0 Å². The zero-order valence-electron chi connectivity index (χ0n) is 16.5. The molecule has 3 aromatic rings. The summed E-state index contributed by atoms with van der Waals surface area (Å²) in [6.45, 7) is 0. The summed E-state index contributed by atoms with van der Waals surface area (Å²) in [7, 11) is 3.09. The van der Waals surface area contributed by atoms with Gasteiger partial charge in [-0.3, -0.25) is 0 Å². The van der Waals surface area contributed by atoms with Crippen LogP contribution in [0.4, 0.5) is 5.69 Å². The molecule has 0 aliphatic carbocycles. The first-order valence-corrected chi connectivity index (χ1v) is 9.55. The Balaban J connectivity index is 1.91. The average molecular weight is 385 g/mol. The maximum atomic E-state index is 13.0. The smallest absolute Gasteiger partial charge is 0.333 e. The van der Waals surface area contributed by atoms with Crippen molar-refractivity contribution in [1.82, 2.24) is 0 Å². The van der Waals surface area contributed by atoms with E-state index in [2.05, 4.69) is 29.2 Å². The van der Waals surface area contributed by atoms with E-state index in [0.29, 0.717) is 0 Å². The predicted octanol–water partition coefficient (Wildman–Crippen LogP) is 5.18. The van der Waals surface area contributed by atoms with Gasteiger partial charge in [0.05, 0.1) is 20.3 Å². The van der Waals surface area contributed by atoms with Crippen LogP contribution in [0.5, 0.6) is 5.75 Å². The van der Waals surface area contributed by atoms with Crippen LogP contribution in [0.2, 0.25) is 0 Å². The molecule has 0 amide bonds. The minimum Gasteiger partial charge on any atom is -0.497 e. The summed E-state index contributed by atoms with van der Waals surface area (Å²) in [5, 5.41) is 0. The van der Waals surface area contributed by atoms with Gasteiger partial charge in [0.15, 0.2) is 6.04 Å². The van der Waals surface area contributed by atoms with E-state index in [-0.39, 0.29) is 12.0 Å². The van der Waals surface area contributed by atoms with Crippen LogP contribution in [-0.2, 0) is 9.53 Å². The molecule has 146 valence electrons. The minimum absolute atomic E-state index is 0.110. The number of nitrogens with zero attached hydrogens (tertiary/aromatic N) is 1. The molecule has 0 bridgehead atoms. The molecule has 0 saturated carbocycles. The van der Waals surface area contributed by atoms with E-state index in [9.17, 15) is 4.79 Å². The summed E-state index contributed by atoms with van der Waals surface area (Å²) >= 11 is 0. The summed E-state index contributed by atoms with van der Waals surface area (Å²) in [6, 6.07) is 25.2. The summed E-state index contributed by atoms with van der Waals surface area (Å²) in [4.78, 5) is 15.1. The first-order chi connectivity index (χ1) is 14.2. The van der Waals surface area contributed by atoms with Gasteiger partial charge in [-0.15, -0.1) is 0 Å². The molecule has 0 fully saturated rings. The van der Waals surface area contributed by atoms with Gasteiger partial charge in [0.1, 0.15) is 5.75 Å². The zero-order chi connectivity index (χ0) is 20.2. The van der Waals surface area contributed by atoms with Crippen LogP contribution in [0.1, 0.15) is 28.8 Å². The Kier molecular flexibility index (Phi) is 5.34. The Bertz CT molecular complexity index is 1010. The molecule has 4 heteroatoms. The van der Waals surface area contributed by atoms with Crippen molar-refractivity contribution in [2.75, 3.05) is 19.1 Å². The molecule has 0 radical (unpaired) electrons. The molecular formula is C25H23NO3. The maximum Gasteiger partial charge on any atom is 0.333 e. The van der Waals surface area contributed by atoms with Crippen molar-refractivity contribution >= 4 is 17.7 Å². The molecule has 1 heterocycles. The molecule has 4 nitrogen and oxygen atoms in total. The molecule has 29 heavy (non-hydrogen) atoms. The van der Waals surface area contributed by atoms with Crippen molar-refractivity contribution in [2.24, 2.45) is 0 Å². The van der Waals surface area contributed by atoms with E-state index in [1.54, 1.807) is 7.11 Å². The molecular weight excluding hydrogens is 362 g/mol. The quantitative estimate of drug-likeness (QED) is 0.567. The lowest BCUT2D eigenvalue weighted by Gasteiger charge is -2.40. The molecule has 0 aromatic heterocycles. The normalized spacial score (nSPS) is 16.1. The highest BCUT2D eigenvalue weighted by molar-refractivity contribution is 5.86. The number of hydrogen-bond acceptors (Lipinski definition) is 4. The molecule has 3 aromatic carbocycles. The number of carbonyl (C=O) groups is 1. The van der Waals surface area contributed by atoms with E-state index < -0.39 is 6.04 Å². The summed E-state index contributed by atoms with van der Waals surface area (Å²) in [5.74, 6) is 0.482. The number of anilines is 1. The SMILES string of the molecule is COC(=O)[C@H](c1ccccc1)N1c2ccc(OC)cc2C=C[C@@H]1c1ccccc1. The number of rotatable bonds is 5. The highest BCUT2D eigenvalue weighted by Crippen LogP contribution is 2.43. The molecule has 4 rings (SSSR count). The van der Waals surface area contributed by atoms with Crippen molar-refractivity contribution in [3.8, 4) is 5.75 Å². The summed E-state index contributed by atoms with van der Waals surface area (Å²) < 4.78 is 10.6. The fraction of sp³-hybridized carbons (Fsp3) is 0.160. The van der Waals surface area contributed by atoms with Crippen molar-refractivity contribution < 1.29 is 14.3 Å². The topological polar surface area (TPSA) is 38.8 Å². The van der Waals surface area contributed by atoms with Gasteiger partial charge in [0.25, 0.3) is 0 Å². The molecule has 1 aliphatic rings. The van der Waals surface area contributed by atoms with Crippen molar-refractivity contribution in [3.63, 3.8) is 0 Å². The van der Waals surface area contributed by atoms with Crippen LogP contribution in [-0.4, -0.2) is 20.2 Å². The van der Waals surface area contributed by atoms with Crippen LogP contribution in [0.15, 0.2) is 84.9 Å². The van der Waals surface area contributed by atoms with Gasteiger partial charge in [-0.1, -0.05) is 72.8 Å². The molecule has 0 saturated heterocycles. The first kappa shape index (κ1) is 18.8. The van der Waals surface area contributed by atoms with E-state index in [4.69, 9.17) is 9.47 Å². The lowest BCUT2D eigenvalue weighted by atomic mass is 9.93. The number of fused-ring (bicyclic) bond motifs is 1. The maximum absolute atomic E-state index is 13.0. The van der Waals surface area contributed by atoms with E-state index in [0.717, 1.165) is 28.1 Å². The van der Waals surface area contributed by atoms with Gasteiger partial charge in [-0.25, -0.2) is 4.79 Å². The van der Waals surface area contributed by atoms with Crippen LogP contribution in [0.25, 0.3) is 6.08 Å². The first-order valence-electron chi connectivity index (χ1n) is 9.55. The number of ether oxygens (including phenoxy) is 2. The monoisotopic (exact) mass is 385 g/mol. The largest absolute Gasteiger partial charge is 0.497 e. The number of carbonyl (C=O) groups excluding carboxylic acids is 1. The van der Waals surface area contributed by atoms with E-state index in [1.807, 2.05) is 66.7 Å². The summed E-state index contributed by atoms with van der Waals surface area (Å²) in [5.41, 5.74) is 3.95. The highest BCUT2D eigenvalue weighted by Gasteiger charge is 2.36. The van der Waals surface area contributed by atoms with Crippen molar-refractivity contribution in [2.45, 2.75) is 12.1 Å². The van der Waals surface area contributed by atoms with Crippen LogP contribution in [0.3, 0.4) is 0 Å². The number of esters is 1. The Hall–Kier alpha value is -3.53. The molecule has 0 unspecified atom stereocenters.